The van der Waals surface area contributed by atoms with E-state index in [4.69, 9.17) is 0 Å². The number of rotatable bonds is 5. The van der Waals surface area contributed by atoms with Gasteiger partial charge in [-0.15, -0.1) is 0 Å². The third kappa shape index (κ3) is 5.06. The molecule has 2 aromatic rings. The molecule has 4 rings (SSSR count). The highest BCUT2D eigenvalue weighted by Crippen LogP contribution is 2.19. The summed E-state index contributed by atoms with van der Waals surface area (Å²) in [5.41, 5.74) is 1.44. The van der Waals surface area contributed by atoms with Crippen LogP contribution in [0, 0.1) is 0 Å². The predicted octanol–water partition coefficient (Wildman–Crippen LogP) is 3.07. The van der Waals surface area contributed by atoms with Crippen LogP contribution in [0.25, 0.3) is 5.82 Å². The summed E-state index contributed by atoms with van der Waals surface area (Å²) in [6.07, 6.45) is 11.4. The minimum absolute atomic E-state index is 0.0431. The van der Waals surface area contributed by atoms with Crippen LogP contribution in [-0.2, 0) is 6.42 Å². The molecule has 1 aliphatic carbocycles. The average Bonchev–Trinajstić information content (AvgIpc) is 3.25. The highest BCUT2D eigenvalue weighted by Gasteiger charge is 2.27. The Balaban J connectivity index is 1.31. The first-order valence-electron chi connectivity index (χ1n) is 11.5. The highest BCUT2D eigenvalue weighted by molar-refractivity contribution is 5.95. The second-order valence-electron chi connectivity index (χ2n) is 8.48. The molecule has 2 fully saturated rings. The number of piperidine rings is 1. The van der Waals surface area contributed by atoms with Crippen LogP contribution in [0.5, 0.6) is 0 Å². The number of amides is 3. The van der Waals surface area contributed by atoms with Gasteiger partial charge in [0.2, 0.25) is 0 Å². The lowest BCUT2D eigenvalue weighted by Gasteiger charge is -2.34. The van der Waals surface area contributed by atoms with Gasteiger partial charge in [0.05, 0.1) is 17.5 Å². The number of carbonyl (C=O) groups is 2. The van der Waals surface area contributed by atoms with Gasteiger partial charge >= 0.3 is 6.03 Å². The fourth-order valence-electron chi connectivity index (χ4n) is 4.58. The first-order valence-corrected chi connectivity index (χ1v) is 11.5. The first-order chi connectivity index (χ1) is 15.2. The van der Waals surface area contributed by atoms with E-state index in [0.717, 1.165) is 31.4 Å². The molecular weight excluding hydrogens is 392 g/mol. The van der Waals surface area contributed by atoms with Crippen molar-refractivity contribution in [2.75, 3.05) is 13.1 Å². The third-order valence-corrected chi connectivity index (χ3v) is 6.36. The number of likely N-dealkylation sites (tertiary alicyclic amines) is 1. The van der Waals surface area contributed by atoms with Gasteiger partial charge in [-0.3, -0.25) is 4.79 Å². The van der Waals surface area contributed by atoms with Gasteiger partial charge in [0.1, 0.15) is 0 Å². The summed E-state index contributed by atoms with van der Waals surface area (Å²) in [5.74, 6) is 0.597. The maximum atomic E-state index is 12.9. The van der Waals surface area contributed by atoms with E-state index in [0.29, 0.717) is 36.9 Å². The molecule has 8 nitrogen and oxygen atoms in total. The van der Waals surface area contributed by atoms with Crippen molar-refractivity contribution in [3.8, 4) is 5.82 Å². The quantitative estimate of drug-likeness (QED) is 0.772. The summed E-state index contributed by atoms with van der Waals surface area (Å²) in [7, 11) is 0. The van der Waals surface area contributed by atoms with Gasteiger partial charge in [-0.05, 0) is 44.2 Å². The number of hydrogen-bond acceptors (Lipinski definition) is 4. The van der Waals surface area contributed by atoms with Crippen LogP contribution in [-0.4, -0.2) is 56.8 Å². The summed E-state index contributed by atoms with van der Waals surface area (Å²) >= 11 is 0. The van der Waals surface area contributed by atoms with Gasteiger partial charge < -0.3 is 15.5 Å². The van der Waals surface area contributed by atoms with Crippen LogP contribution in [0.4, 0.5) is 4.79 Å². The summed E-state index contributed by atoms with van der Waals surface area (Å²) in [4.78, 5) is 31.7. The molecule has 3 amide bonds. The molecular formula is C23H32N6O2. The number of nitrogens with zero attached hydrogens (tertiary/aromatic N) is 4. The van der Waals surface area contributed by atoms with Crippen molar-refractivity contribution in [2.24, 2.45) is 0 Å². The van der Waals surface area contributed by atoms with Crippen LogP contribution >= 0.6 is 0 Å². The van der Waals surface area contributed by atoms with E-state index in [1.807, 2.05) is 30.0 Å². The van der Waals surface area contributed by atoms with Crippen molar-refractivity contribution in [1.82, 2.24) is 30.3 Å². The van der Waals surface area contributed by atoms with Crippen molar-refractivity contribution in [1.29, 1.82) is 0 Å². The van der Waals surface area contributed by atoms with Crippen LogP contribution in [0.15, 0.2) is 30.6 Å². The zero-order chi connectivity index (χ0) is 21.6. The second-order valence-corrected chi connectivity index (χ2v) is 8.48. The van der Waals surface area contributed by atoms with Gasteiger partial charge in [0.25, 0.3) is 5.91 Å². The van der Waals surface area contributed by atoms with Crippen molar-refractivity contribution >= 4 is 11.9 Å². The summed E-state index contributed by atoms with van der Waals surface area (Å²) in [5, 5.41) is 10.7. The van der Waals surface area contributed by atoms with Gasteiger partial charge in [0, 0.05) is 31.4 Å². The zero-order valence-corrected chi connectivity index (χ0v) is 18.2. The van der Waals surface area contributed by atoms with Gasteiger partial charge in [-0.1, -0.05) is 32.3 Å². The topological polar surface area (TPSA) is 92.2 Å². The molecule has 3 heterocycles. The predicted molar refractivity (Wildman–Crippen MR) is 118 cm³/mol. The molecule has 1 saturated heterocycles. The van der Waals surface area contributed by atoms with E-state index >= 15 is 0 Å². The summed E-state index contributed by atoms with van der Waals surface area (Å²) < 4.78 is 1.73. The fraction of sp³-hybridized carbons (Fsp3) is 0.565. The van der Waals surface area contributed by atoms with Crippen molar-refractivity contribution in [3.05, 3.63) is 41.9 Å². The van der Waals surface area contributed by atoms with E-state index in [-0.39, 0.29) is 18.0 Å². The molecule has 166 valence electrons. The van der Waals surface area contributed by atoms with Crippen LogP contribution in [0.2, 0.25) is 0 Å². The molecule has 0 spiro atoms. The van der Waals surface area contributed by atoms with Crippen LogP contribution in [0.3, 0.4) is 0 Å². The SMILES string of the molecule is CCc1c(C(=O)NC2CCN(C(=O)NC3CCCCC3)CC2)cnn1-c1ccccn1. The fourth-order valence-corrected chi connectivity index (χ4v) is 4.58. The molecule has 0 unspecified atom stereocenters. The molecule has 0 aromatic carbocycles. The number of aromatic nitrogens is 3. The van der Waals surface area contributed by atoms with E-state index in [2.05, 4.69) is 20.7 Å². The molecule has 2 aliphatic rings. The summed E-state index contributed by atoms with van der Waals surface area (Å²) in [6.45, 7) is 3.34. The maximum Gasteiger partial charge on any atom is 0.317 e. The molecule has 0 atom stereocenters. The number of pyridine rings is 1. The molecule has 1 saturated carbocycles. The van der Waals surface area contributed by atoms with E-state index < -0.39 is 0 Å². The molecule has 1 aliphatic heterocycles. The van der Waals surface area contributed by atoms with Crippen LogP contribution < -0.4 is 10.6 Å². The van der Waals surface area contributed by atoms with Crippen molar-refractivity contribution in [2.45, 2.75) is 70.4 Å². The number of urea groups is 1. The van der Waals surface area contributed by atoms with Gasteiger partial charge in [0.15, 0.2) is 5.82 Å². The monoisotopic (exact) mass is 424 g/mol. The molecule has 2 aromatic heterocycles. The Kier molecular flexibility index (Phi) is 6.84. The number of nitrogens with one attached hydrogen (secondary N) is 2. The maximum absolute atomic E-state index is 12.9. The Bertz CT molecular complexity index is 883. The third-order valence-electron chi connectivity index (χ3n) is 6.36. The first kappa shape index (κ1) is 21.3. The average molecular weight is 425 g/mol. The Morgan fingerprint density at radius 2 is 1.77 bits per heavy atom. The molecule has 0 radical (unpaired) electrons. The highest BCUT2D eigenvalue weighted by atomic mass is 16.2. The largest absolute Gasteiger partial charge is 0.349 e. The number of hydrogen-bond donors (Lipinski definition) is 2. The smallest absolute Gasteiger partial charge is 0.317 e. The Labute approximate surface area is 183 Å². The minimum Gasteiger partial charge on any atom is -0.349 e. The van der Waals surface area contributed by atoms with Gasteiger partial charge in [-0.25, -0.2) is 14.5 Å². The lowest BCUT2D eigenvalue weighted by Crippen LogP contribution is -2.51. The molecule has 0 bridgehead atoms. The molecule has 31 heavy (non-hydrogen) atoms. The normalized spacial score (nSPS) is 18.0. The number of carbonyl (C=O) groups excluding carboxylic acids is 2. The Morgan fingerprint density at radius 3 is 2.45 bits per heavy atom. The van der Waals surface area contributed by atoms with Crippen molar-refractivity contribution in [3.63, 3.8) is 0 Å². The Hall–Kier alpha value is -2.90. The lowest BCUT2D eigenvalue weighted by molar-refractivity contribution is 0.0916. The van der Waals surface area contributed by atoms with Gasteiger partial charge in [-0.2, -0.15) is 5.10 Å². The lowest BCUT2D eigenvalue weighted by atomic mass is 9.95. The summed E-state index contributed by atoms with van der Waals surface area (Å²) in [6, 6.07) is 6.06. The van der Waals surface area contributed by atoms with E-state index in [1.54, 1.807) is 17.1 Å². The zero-order valence-electron chi connectivity index (χ0n) is 18.2. The van der Waals surface area contributed by atoms with E-state index in [1.165, 1.54) is 19.3 Å². The molecule has 2 N–H and O–H groups in total. The minimum atomic E-state index is -0.107. The van der Waals surface area contributed by atoms with Crippen LogP contribution in [0.1, 0.15) is 67.9 Å². The molecule has 8 heteroatoms. The Morgan fingerprint density at radius 1 is 1.03 bits per heavy atom. The van der Waals surface area contributed by atoms with Crippen molar-refractivity contribution < 1.29 is 9.59 Å². The standard InChI is InChI=1S/C23H32N6O2/c1-2-20-19(16-25-29(20)21-10-6-7-13-24-21)22(30)26-18-11-14-28(15-12-18)23(31)27-17-8-4-3-5-9-17/h6-7,10,13,16-18H,2-5,8-9,11-12,14-15H2,1H3,(H,26,30)(H,27,31). The van der Waals surface area contributed by atoms with E-state index in [9.17, 15) is 9.59 Å². The second kappa shape index (κ2) is 9.94.